The van der Waals surface area contributed by atoms with E-state index in [1.54, 1.807) is 0 Å². The molecule has 24 heavy (non-hydrogen) atoms. The Hall–Kier alpha value is -2.51. The van der Waals surface area contributed by atoms with Gasteiger partial charge in [-0.05, 0) is 42.5 Å². The van der Waals surface area contributed by atoms with Crippen LogP contribution in [0, 0.1) is 23.7 Å². The first kappa shape index (κ1) is 16.4. The molecule has 0 spiro atoms. The molecule has 1 saturated carbocycles. The van der Waals surface area contributed by atoms with Crippen molar-refractivity contribution in [3.05, 3.63) is 36.4 Å². The quantitative estimate of drug-likeness (QED) is 0.826. The van der Waals surface area contributed by atoms with E-state index < -0.39 is 35.8 Å². The molecule has 128 valence electrons. The lowest BCUT2D eigenvalue weighted by Crippen LogP contribution is -2.36. The van der Waals surface area contributed by atoms with Crippen LogP contribution in [0.5, 0.6) is 5.75 Å². The van der Waals surface area contributed by atoms with E-state index in [4.69, 9.17) is 0 Å². The molecule has 0 aromatic heterocycles. The van der Waals surface area contributed by atoms with Gasteiger partial charge >= 0.3 is 12.3 Å². The summed E-state index contributed by atoms with van der Waals surface area (Å²) in [6.45, 7) is 0. The molecule has 2 aliphatic rings. The number of rotatable bonds is 4. The van der Waals surface area contributed by atoms with Crippen molar-refractivity contribution in [2.75, 3.05) is 5.32 Å². The molecule has 2 aliphatic carbocycles. The van der Waals surface area contributed by atoms with Crippen LogP contribution in [0.25, 0.3) is 0 Å². The monoisotopic (exact) mass is 341 g/mol. The lowest BCUT2D eigenvalue weighted by atomic mass is 9.82. The van der Waals surface area contributed by atoms with E-state index in [1.807, 2.05) is 12.2 Å². The van der Waals surface area contributed by atoms with E-state index >= 15 is 0 Å². The number of halogens is 3. The predicted molar refractivity (Wildman–Crippen MR) is 77.1 cm³/mol. The van der Waals surface area contributed by atoms with Crippen LogP contribution in [0.1, 0.15) is 6.42 Å². The van der Waals surface area contributed by atoms with Gasteiger partial charge in [-0.25, -0.2) is 0 Å². The molecular weight excluding hydrogens is 327 g/mol. The highest BCUT2D eigenvalue weighted by molar-refractivity contribution is 5.96. The Morgan fingerprint density at radius 1 is 1.08 bits per heavy atom. The number of hydrogen-bond donors (Lipinski definition) is 2. The predicted octanol–water partition coefficient (Wildman–Crippen LogP) is 3.05. The van der Waals surface area contributed by atoms with E-state index in [9.17, 15) is 27.9 Å². The molecule has 1 amide bonds. The molecule has 0 heterocycles. The van der Waals surface area contributed by atoms with Crippen LogP contribution < -0.4 is 10.1 Å². The summed E-state index contributed by atoms with van der Waals surface area (Å²) in [5, 5.41) is 11.9. The second-order valence-electron chi connectivity index (χ2n) is 5.90. The Bertz CT molecular complexity index is 684. The number of carboxylic acid groups (broad SMARTS) is 1. The maximum absolute atomic E-state index is 12.4. The maximum atomic E-state index is 12.4. The van der Waals surface area contributed by atoms with Crippen molar-refractivity contribution in [1.29, 1.82) is 0 Å². The van der Waals surface area contributed by atoms with Crippen molar-refractivity contribution in [1.82, 2.24) is 0 Å². The van der Waals surface area contributed by atoms with Crippen molar-refractivity contribution in [2.45, 2.75) is 12.8 Å². The molecule has 8 heteroatoms. The number of allylic oxidation sites excluding steroid dienone is 2. The third kappa shape index (κ3) is 3.22. The molecule has 1 aromatic rings. The Morgan fingerprint density at radius 2 is 1.67 bits per heavy atom. The number of carbonyl (C=O) groups is 2. The van der Waals surface area contributed by atoms with E-state index in [-0.39, 0.29) is 17.5 Å². The van der Waals surface area contributed by atoms with Crippen molar-refractivity contribution >= 4 is 17.6 Å². The van der Waals surface area contributed by atoms with Gasteiger partial charge in [-0.15, -0.1) is 13.2 Å². The second-order valence-corrected chi connectivity index (χ2v) is 5.90. The highest BCUT2D eigenvalue weighted by Gasteiger charge is 2.51. The minimum absolute atomic E-state index is 0.121. The van der Waals surface area contributed by atoms with E-state index in [0.29, 0.717) is 6.42 Å². The van der Waals surface area contributed by atoms with Gasteiger partial charge in [-0.1, -0.05) is 12.2 Å². The summed E-state index contributed by atoms with van der Waals surface area (Å²) in [5.74, 6) is -3.57. The highest BCUT2D eigenvalue weighted by Crippen LogP contribution is 2.48. The van der Waals surface area contributed by atoms with Crippen LogP contribution in [0.2, 0.25) is 0 Å². The Morgan fingerprint density at radius 3 is 2.21 bits per heavy atom. The summed E-state index contributed by atoms with van der Waals surface area (Å²) in [5.41, 5.74) is 0.283. The summed E-state index contributed by atoms with van der Waals surface area (Å²) in [4.78, 5) is 23.8. The van der Waals surface area contributed by atoms with Gasteiger partial charge in [-0.3, -0.25) is 9.59 Å². The van der Waals surface area contributed by atoms with Gasteiger partial charge in [0.1, 0.15) is 5.75 Å². The van der Waals surface area contributed by atoms with Crippen LogP contribution in [0.15, 0.2) is 36.4 Å². The first-order valence-corrected chi connectivity index (χ1v) is 7.32. The average Bonchev–Trinajstić information content (AvgIpc) is 3.08. The third-order valence-corrected chi connectivity index (χ3v) is 4.40. The molecule has 1 aromatic carbocycles. The first-order chi connectivity index (χ1) is 11.2. The van der Waals surface area contributed by atoms with Crippen LogP contribution in [0.4, 0.5) is 18.9 Å². The zero-order valence-corrected chi connectivity index (χ0v) is 12.3. The van der Waals surface area contributed by atoms with Gasteiger partial charge in [0.25, 0.3) is 0 Å². The van der Waals surface area contributed by atoms with Crippen LogP contribution >= 0.6 is 0 Å². The number of anilines is 1. The van der Waals surface area contributed by atoms with Crippen molar-refractivity contribution in [2.24, 2.45) is 23.7 Å². The summed E-state index contributed by atoms with van der Waals surface area (Å²) in [7, 11) is 0. The number of carbonyl (C=O) groups excluding carboxylic acids is 1. The lowest BCUT2D eigenvalue weighted by Gasteiger charge is -2.23. The first-order valence-electron chi connectivity index (χ1n) is 7.32. The number of amides is 1. The second kappa shape index (κ2) is 5.85. The van der Waals surface area contributed by atoms with E-state index in [1.165, 1.54) is 12.1 Å². The normalized spacial score (nSPS) is 28.0. The molecule has 0 radical (unpaired) electrons. The Labute approximate surface area is 135 Å². The zero-order valence-electron chi connectivity index (χ0n) is 12.3. The number of nitrogens with one attached hydrogen (secondary N) is 1. The minimum Gasteiger partial charge on any atom is -0.481 e. The minimum atomic E-state index is -4.78. The fraction of sp³-hybridized carbons (Fsp3) is 0.375. The summed E-state index contributed by atoms with van der Waals surface area (Å²) < 4.78 is 40.1. The average molecular weight is 341 g/mol. The SMILES string of the molecule is O=C(Nc1ccc(OC(F)(F)F)cc1)[C@@H]1[C@H](C(=O)O)[C@H]2C=C[C@H]1C2. The molecule has 4 atom stereocenters. The van der Waals surface area contributed by atoms with Gasteiger partial charge in [0.2, 0.25) is 5.91 Å². The largest absolute Gasteiger partial charge is 0.573 e. The third-order valence-electron chi connectivity index (χ3n) is 4.40. The van der Waals surface area contributed by atoms with E-state index in [2.05, 4.69) is 10.1 Å². The summed E-state index contributed by atoms with van der Waals surface area (Å²) in [6.07, 6.45) is -0.465. The maximum Gasteiger partial charge on any atom is 0.573 e. The lowest BCUT2D eigenvalue weighted by molar-refractivity contribution is -0.274. The van der Waals surface area contributed by atoms with Crippen molar-refractivity contribution in [3.63, 3.8) is 0 Å². The number of aliphatic carboxylic acids is 1. The van der Waals surface area contributed by atoms with Gasteiger partial charge in [0, 0.05) is 5.69 Å². The molecular formula is C16H14F3NO4. The number of hydrogen-bond acceptors (Lipinski definition) is 3. The molecule has 1 fully saturated rings. The fourth-order valence-corrected chi connectivity index (χ4v) is 3.48. The van der Waals surface area contributed by atoms with Gasteiger partial charge in [0.05, 0.1) is 11.8 Å². The zero-order chi connectivity index (χ0) is 17.5. The van der Waals surface area contributed by atoms with Gasteiger partial charge in [0.15, 0.2) is 0 Å². The highest BCUT2D eigenvalue weighted by atomic mass is 19.4. The molecule has 0 aliphatic heterocycles. The van der Waals surface area contributed by atoms with Crippen LogP contribution in [-0.4, -0.2) is 23.3 Å². The molecule has 3 rings (SSSR count). The molecule has 2 N–H and O–H groups in total. The topological polar surface area (TPSA) is 75.6 Å². The number of ether oxygens (including phenoxy) is 1. The fourth-order valence-electron chi connectivity index (χ4n) is 3.48. The standard InChI is InChI=1S/C16H14F3NO4/c17-16(18,19)24-11-5-3-10(4-6-11)20-14(21)12-8-1-2-9(7-8)13(12)15(22)23/h1-6,8-9,12-13H,7H2,(H,20,21)(H,22,23)/t8-,9-,12-,13+/m0/s1. The van der Waals surface area contributed by atoms with E-state index in [0.717, 1.165) is 12.1 Å². The number of fused-ring (bicyclic) bond motifs is 2. The van der Waals surface area contributed by atoms with Crippen molar-refractivity contribution < 1.29 is 32.6 Å². The summed E-state index contributed by atoms with van der Waals surface area (Å²) in [6, 6.07) is 4.71. The smallest absolute Gasteiger partial charge is 0.481 e. The van der Waals surface area contributed by atoms with Crippen LogP contribution in [0.3, 0.4) is 0 Å². The Kier molecular flexibility index (Phi) is 3.98. The number of benzene rings is 1. The van der Waals surface area contributed by atoms with Gasteiger partial charge < -0.3 is 15.2 Å². The molecule has 0 unspecified atom stereocenters. The molecule has 5 nitrogen and oxygen atoms in total. The van der Waals surface area contributed by atoms with Crippen LogP contribution in [-0.2, 0) is 9.59 Å². The van der Waals surface area contributed by atoms with Gasteiger partial charge in [-0.2, -0.15) is 0 Å². The van der Waals surface area contributed by atoms with Crippen molar-refractivity contribution in [3.8, 4) is 5.75 Å². The number of carboxylic acids is 1. The molecule has 2 bridgehead atoms. The summed E-state index contributed by atoms with van der Waals surface area (Å²) >= 11 is 0. The number of alkyl halides is 3. The Balaban J connectivity index is 1.69. The molecule has 0 saturated heterocycles.